The summed E-state index contributed by atoms with van der Waals surface area (Å²) in [5.74, 6) is -1.73. The quantitative estimate of drug-likeness (QED) is 0.632. The Morgan fingerprint density at radius 3 is 2.44 bits per heavy atom. The van der Waals surface area contributed by atoms with Crippen LogP contribution in [-0.4, -0.2) is 42.9 Å². The molecule has 0 aliphatic carbocycles. The molecule has 0 aromatic carbocycles. The molecule has 92 valence electrons. The summed E-state index contributed by atoms with van der Waals surface area (Å²) in [5, 5.41) is 10.8. The highest BCUT2D eigenvalue weighted by atomic mass is 16.5. The molecule has 7 heteroatoms. The maximum absolute atomic E-state index is 11.0. The molecule has 0 spiro atoms. The van der Waals surface area contributed by atoms with Gasteiger partial charge in [0.1, 0.15) is 6.04 Å². The second-order valence-corrected chi connectivity index (χ2v) is 2.87. The lowest BCUT2D eigenvalue weighted by Gasteiger charge is -2.12. The summed E-state index contributed by atoms with van der Waals surface area (Å²) < 4.78 is 8.88. The third kappa shape index (κ3) is 5.84. The van der Waals surface area contributed by atoms with E-state index >= 15 is 0 Å². The Labute approximate surface area is 92.7 Å². The van der Waals surface area contributed by atoms with E-state index in [1.807, 2.05) is 0 Å². The van der Waals surface area contributed by atoms with Crippen molar-refractivity contribution in [3.05, 3.63) is 0 Å². The van der Waals surface area contributed by atoms with Gasteiger partial charge in [0, 0.05) is 6.42 Å². The molecule has 0 fully saturated rings. The van der Waals surface area contributed by atoms with Gasteiger partial charge in [-0.3, -0.25) is 4.79 Å². The third-order valence-corrected chi connectivity index (χ3v) is 1.72. The van der Waals surface area contributed by atoms with Gasteiger partial charge in [0.15, 0.2) is 0 Å². The first-order valence-corrected chi connectivity index (χ1v) is 4.74. The number of hydrogen-bond acceptors (Lipinski definition) is 5. The Hall–Kier alpha value is -1.79. The van der Waals surface area contributed by atoms with Gasteiger partial charge in [0.25, 0.3) is 0 Å². The first kappa shape index (κ1) is 14.2. The number of aliphatic carboxylic acids is 1. The van der Waals surface area contributed by atoms with Gasteiger partial charge in [-0.15, -0.1) is 0 Å². The molecule has 0 saturated heterocycles. The molecule has 0 unspecified atom stereocenters. The van der Waals surface area contributed by atoms with E-state index in [1.54, 1.807) is 6.92 Å². The molecule has 0 rings (SSSR count). The molecule has 0 aromatic rings. The molecule has 0 heterocycles. The van der Waals surface area contributed by atoms with E-state index in [0.717, 1.165) is 7.11 Å². The highest BCUT2D eigenvalue weighted by Gasteiger charge is 2.21. The second-order valence-electron chi connectivity index (χ2n) is 2.87. The van der Waals surface area contributed by atoms with E-state index in [0.29, 0.717) is 0 Å². The first-order chi connectivity index (χ1) is 7.51. The van der Waals surface area contributed by atoms with Gasteiger partial charge in [-0.2, -0.15) is 0 Å². The molecule has 0 aliphatic heterocycles. The zero-order valence-corrected chi connectivity index (χ0v) is 9.19. The molecule has 1 atom stereocenters. The van der Waals surface area contributed by atoms with E-state index in [1.165, 1.54) is 0 Å². The van der Waals surface area contributed by atoms with E-state index < -0.39 is 24.1 Å². The molecule has 0 aromatic heterocycles. The SMILES string of the molecule is CCOC(=O)CC[C@@H](NC(=O)OC)C(=O)O. The van der Waals surface area contributed by atoms with Crippen LogP contribution in [0.15, 0.2) is 0 Å². The van der Waals surface area contributed by atoms with E-state index in [-0.39, 0.29) is 19.4 Å². The fraction of sp³-hybridized carbons (Fsp3) is 0.667. The summed E-state index contributed by atoms with van der Waals surface area (Å²) in [7, 11) is 1.12. The van der Waals surface area contributed by atoms with Gasteiger partial charge in [-0.25, -0.2) is 9.59 Å². The predicted octanol–water partition coefficient (Wildman–Crippen LogP) is 0.139. The van der Waals surface area contributed by atoms with Crippen LogP contribution in [0.1, 0.15) is 19.8 Å². The number of carbonyl (C=O) groups excluding carboxylic acids is 2. The average molecular weight is 233 g/mol. The molecule has 7 nitrogen and oxygen atoms in total. The molecular formula is C9H15NO6. The molecular weight excluding hydrogens is 218 g/mol. The predicted molar refractivity (Wildman–Crippen MR) is 52.8 cm³/mol. The molecule has 0 radical (unpaired) electrons. The third-order valence-electron chi connectivity index (χ3n) is 1.72. The number of carboxylic acids is 1. The van der Waals surface area contributed by atoms with Crippen LogP contribution in [0.2, 0.25) is 0 Å². The van der Waals surface area contributed by atoms with Crippen LogP contribution in [0.5, 0.6) is 0 Å². The van der Waals surface area contributed by atoms with Crippen LogP contribution in [0.4, 0.5) is 4.79 Å². The van der Waals surface area contributed by atoms with Gasteiger partial charge in [-0.05, 0) is 13.3 Å². The minimum atomic E-state index is -1.23. The fourth-order valence-electron chi connectivity index (χ4n) is 0.954. The lowest BCUT2D eigenvalue weighted by molar-refractivity contribution is -0.144. The number of methoxy groups -OCH3 is 1. The summed E-state index contributed by atoms with van der Waals surface area (Å²) in [6, 6.07) is -1.16. The van der Waals surface area contributed by atoms with Gasteiger partial charge < -0.3 is 19.9 Å². The molecule has 2 N–H and O–H groups in total. The van der Waals surface area contributed by atoms with Gasteiger partial charge >= 0.3 is 18.0 Å². The maximum atomic E-state index is 11.0. The number of esters is 1. The Balaban J connectivity index is 4.09. The Morgan fingerprint density at radius 1 is 1.38 bits per heavy atom. The first-order valence-electron chi connectivity index (χ1n) is 4.74. The van der Waals surface area contributed by atoms with Crippen molar-refractivity contribution in [3.8, 4) is 0 Å². The maximum Gasteiger partial charge on any atom is 0.407 e. The summed E-state index contributed by atoms with van der Waals surface area (Å²) >= 11 is 0. The number of rotatable bonds is 6. The van der Waals surface area contributed by atoms with Crippen LogP contribution in [0, 0.1) is 0 Å². The van der Waals surface area contributed by atoms with Crippen LogP contribution in [0.25, 0.3) is 0 Å². The molecule has 0 aliphatic rings. The lowest BCUT2D eigenvalue weighted by atomic mass is 10.1. The van der Waals surface area contributed by atoms with Crippen LogP contribution in [0.3, 0.4) is 0 Å². The fourth-order valence-corrected chi connectivity index (χ4v) is 0.954. The minimum Gasteiger partial charge on any atom is -0.480 e. The monoisotopic (exact) mass is 233 g/mol. The van der Waals surface area contributed by atoms with Gasteiger partial charge in [-0.1, -0.05) is 0 Å². The summed E-state index contributed by atoms with van der Waals surface area (Å²) in [6.07, 6.45) is -0.964. The smallest absolute Gasteiger partial charge is 0.407 e. The van der Waals surface area contributed by atoms with Crippen LogP contribution >= 0.6 is 0 Å². The molecule has 16 heavy (non-hydrogen) atoms. The Bertz CT molecular complexity index is 265. The van der Waals surface area contributed by atoms with Crippen molar-refractivity contribution in [2.75, 3.05) is 13.7 Å². The van der Waals surface area contributed by atoms with Crippen molar-refractivity contribution >= 4 is 18.0 Å². The van der Waals surface area contributed by atoms with E-state index in [9.17, 15) is 14.4 Å². The number of carbonyl (C=O) groups is 3. The van der Waals surface area contributed by atoms with Gasteiger partial charge in [0.05, 0.1) is 13.7 Å². The Kier molecular flexibility index (Phi) is 6.66. The number of carboxylic acid groups (broad SMARTS) is 1. The molecule has 0 bridgehead atoms. The van der Waals surface area contributed by atoms with E-state index in [4.69, 9.17) is 5.11 Å². The van der Waals surface area contributed by atoms with E-state index in [2.05, 4.69) is 14.8 Å². The van der Waals surface area contributed by atoms with Crippen LogP contribution in [-0.2, 0) is 19.1 Å². The zero-order valence-electron chi connectivity index (χ0n) is 9.19. The minimum absolute atomic E-state index is 0.0384. The van der Waals surface area contributed by atoms with Gasteiger partial charge in [0.2, 0.25) is 0 Å². The highest BCUT2D eigenvalue weighted by Crippen LogP contribution is 2.00. The topological polar surface area (TPSA) is 102 Å². The summed E-state index contributed by atoms with van der Waals surface area (Å²) in [5.41, 5.74) is 0. The normalized spacial score (nSPS) is 11.4. The van der Waals surface area contributed by atoms with Crippen LogP contribution < -0.4 is 5.32 Å². The lowest BCUT2D eigenvalue weighted by Crippen LogP contribution is -2.41. The zero-order chi connectivity index (χ0) is 12.6. The van der Waals surface area contributed by atoms with Crippen molar-refractivity contribution in [1.29, 1.82) is 0 Å². The number of ether oxygens (including phenoxy) is 2. The highest BCUT2D eigenvalue weighted by molar-refractivity contribution is 5.80. The Morgan fingerprint density at radius 2 is 2.00 bits per heavy atom. The summed E-state index contributed by atoms with van der Waals surface area (Å²) in [6.45, 7) is 1.89. The average Bonchev–Trinajstić information content (AvgIpc) is 2.23. The largest absolute Gasteiger partial charge is 0.480 e. The molecule has 0 saturated carbocycles. The van der Waals surface area contributed by atoms with Crippen molar-refractivity contribution in [1.82, 2.24) is 5.32 Å². The van der Waals surface area contributed by atoms with Crippen molar-refractivity contribution in [3.63, 3.8) is 0 Å². The van der Waals surface area contributed by atoms with Crippen molar-refractivity contribution < 1.29 is 29.0 Å². The van der Waals surface area contributed by atoms with Crippen molar-refractivity contribution in [2.45, 2.75) is 25.8 Å². The second kappa shape index (κ2) is 7.49. The number of alkyl carbamates (subject to hydrolysis) is 1. The summed E-state index contributed by atoms with van der Waals surface area (Å²) in [4.78, 5) is 32.4. The standard InChI is InChI=1S/C9H15NO6/c1-3-16-7(11)5-4-6(8(12)13)10-9(14)15-2/h6H,3-5H2,1-2H3,(H,10,14)(H,12,13)/t6-/m1/s1. The van der Waals surface area contributed by atoms with Crippen molar-refractivity contribution in [2.24, 2.45) is 0 Å². The number of hydrogen-bond donors (Lipinski definition) is 2. The number of amides is 1. The molecule has 1 amide bonds. The number of nitrogens with one attached hydrogen (secondary N) is 1.